The molecule has 1 atom stereocenters. The molecule has 4 heteroatoms. The summed E-state index contributed by atoms with van der Waals surface area (Å²) in [4.78, 5) is 0. The van der Waals surface area contributed by atoms with E-state index in [9.17, 15) is 0 Å². The fourth-order valence-electron chi connectivity index (χ4n) is 4.04. The van der Waals surface area contributed by atoms with Gasteiger partial charge >= 0.3 is 0 Å². The molecule has 0 amide bonds. The molecule has 134 valence electrons. The van der Waals surface area contributed by atoms with Gasteiger partial charge in [0.15, 0.2) is 6.17 Å². The topological polar surface area (TPSA) is 35.6 Å². The predicted molar refractivity (Wildman–Crippen MR) is 103 cm³/mol. The first-order chi connectivity index (χ1) is 11.7. The lowest BCUT2D eigenvalue weighted by molar-refractivity contribution is 0.151. The molecule has 1 unspecified atom stereocenters. The van der Waals surface area contributed by atoms with Gasteiger partial charge in [-0.15, -0.1) is 0 Å². The number of hydrogen-bond acceptors (Lipinski definition) is 2. The molecule has 1 aliphatic rings. The van der Waals surface area contributed by atoms with Crippen LogP contribution < -0.4 is 0 Å². The van der Waals surface area contributed by atoms with Crippen molar-refractivity contribution in [3.8, 4) is 0 Å². The molecule has 0 aliphatic heterocycles. The lowest BCUT2D eigenvalue weighted by Crippen LogP contribution is -2.37. The first-order valence-electron chi connectivity index (χ1n) is 9.10. The Kier molecular flexibility index (Phi) is 4.48. The largest absolute Gasteiger partial charge is 0.244 e. The number of rotatable bonds is 4. The third-order valence-electron chi connectivity index (χ3n) is 4.98. The first-order valence-corrected chi connectivity index (χ1v) is 9.10. The van der Waals surface area contributed by atoms with Crippen LogP contribution in [-0.2, 0) is 0 Å². The summed E-state index contributed by atoms with van der Waals surface area (Å²) in [5.74, 6) is 0.280. The average molecular weight is 338 g/mol. The van der Waals surface area contributed by atoms with Crippen LogP contribution in [0.1, 0.15) is 56.1 Å². The Morgan fingerprint density at radius 3 is 1.76 bits per heavy atom. The average Bonchev–Trinajstić information content (AvgIpc) is 3.17. The molecule has 0 N–H and O–H groups in total. The predicted octanol–water partition coefficient (Wildman–Crippen LogP) is 4.91. The molecule has 4 nitrogen and oxygen atoms in total. The maximum Gasteiger partial charge on any atom is 0.151 e. The van der Waals surface area contributed by atoms with Crippen LogP contribution in [0.25, 0.3) is 0 Å². The van der Waals surface area contributed by atoms with Gasteiger partial charge in [0.25, 0.3) is 0 Å². The highest BCUT2D eigenvalue weighted by Gasteiger charge is 2.39. The van der Waals surface area contributed by atoms with Gasteiger partial charge in [0.1, 0.15) is 0 Å². The zero-order valence-corrected chi connectivity index (χ0v) is 16.5. The third-order valence-corrected chi connectivity index (χ3v) is 4.98. The summed E-state index contributed by atoms with van der Waals surface area (Å²) in [5.41, 5.74) is 5.90. The quantitative estimate of drug-likeness (QED) is 0.794. The Morgan fingerprint density at radius 2 is 1.44 bits per heavy atom. The summed E-state index contributed by atoms with van der Waals surface area (Å²) < 4.78 is 4.33. The third kappa shape index (κ3) is 3.35. The van der Waals surface area contributed by atoms with Crippen LogP contribution in [0.15, 0.2) is 35.9 Å². The van der Waals surface area contributed by atoms with Crippen molar-refractivity contribution < 1.29 is 0 Å². The SMILES string of the molecule is Cc1cc(C)n(C(C(C2=CCC=C2)C(C)(C)C)n2nc(C)cc2C)n1. The van der Waals surface area contributed by atoms with Gasteiger partial charge in [-0.05, 0) is 57.2 Å². The highest BCUT2D eigenvalue weighted by Crippen LogP contribution is 2.43. The normalized spacial score (nSPS) is 15.9. The van der Waals surface area contributed by atoms with Gasteiger partial charge in [0.05, 0.1) is 11.4 Å². The first kappa shape index (κ1) is 17.7. The molecule has 0 fully saturated rings. The summed E-state index contributed by atoms with van der Waals surface area (Å²) in [6.07, 6.45) is 7.91. The van der Waals surface area contributed by atoms with Gasteiger partial charge in [-0.2, -0.15) is 10.2 Å². The molecule has 2 aromatic heterocycles. The Bertz CT molecular complexity index is 780. The number of aryl methyl sites for hydroxylation is 4. The second-order valence-electron chi connectivity index (χ2n) is 8.34. The van der Waals surface area contributed by atoms with Crippen LogP contribution in [0.5, 0.6) is 0 Å². The molecular formula is C21H30N4. The summed E-state index contributed by atoms with van der Waals surface area (Å²) in [6, 6.07) is 4.30. The summed E-state index contributed by atoms with van der Waals surface area (Å²) >= 11 is 0. The minimum atomic E-state index is 0.0244. The van der Waals surface area contributed by atoms with Gasteiger partial charge < -0.3 is 0 Å². The van der Waals surface area contributed by atoms with Crippen molar-refractivity contribution in [1.29, 1.82) is 0 Å². The maximum atomic E-state index is 4.85. The van der Waals surface area contributed by atoms with Crippen molar-refractivity contribution in [1.82, 2.24) is 19.6 Å². The summed E-state index contributed by atoms with van der Waals surface area (Å²) in [6.45, 7) is 15.3. The van der Waals surface area contributed by atoms with Crippen molar-refractivity contribution in [3.63, 3.8) is 0 Å². The molecule has 0 bridgehead atoms. The number of hydrogen-bond donors (Lipinski definition) is 0. The molecule has 0 aromatic carbocycles. The fourth-order valence-corrected chi connectivity index (χ4v) is 4.04. The van der Waals surface area contributed by atoms with Crippen LogP contribution in [0.4, 0.5) is 0 Å². The standard InChI is InChI=1S/C21H30N4/c1-14-12-16(3)24(22-14)20(25-17(4)13-15(2)23-25)19(21(5,6)7)18-10-8-9-11-18/h8,10-13,19-20H,9H2,1-7H3. The van der Waals surface area contributed by atoms with E-state index in [1.165, 1.54) is 17.0 Å². The lowest BCUT2D eigenvalue weighted by atomic mass is 9.74. The molecule has 0 radical (unpaired) electrons. The monoisotopic (exact) mass is 338 g/mol. The highest BCUT2D eigenvalue weighted by molar-refractivity contribution is 5.31. The van der Waals surface area contributed by atoms with Crippen molar-refractivity contribution in [2.75, 3.05) is 0 Å². The van der Waals surface area contributed by atoms with Crippen LogP contribution in [0.2, 0.25) is 0 Å². The van der Waals surface area contributed by atoms with E-state index in [0.717, 1.165) is 17.8 Å². The molecule has 25 heavy (non-hydrogen) atoms. The van der Waals surface area contributed by atoms with E-state index in [1.807, 2.05) is 0 Å². The van der Waals surface area contributed by atoms with Gasteiger partial charge in [-0.25, -0.2) is 9.36 Å². The molecule has 0 saturated carbocycles. The second kappa shape index (κ2) is 6.32. The van der Waals surface area contributed by atoms with E-state index in [-0.39, 0.29) is 17.5 Å². The Morgan fingerprint density at radius 1 is 0.920 bits per heavy atom. The Labute approximate surface area is 151 Å². The van der Waals surface area contributed by atoms with Crippen LogP contribution in [0, 0.1) is 39.0 Å². The van der Waals surface area contributed by atoms with E-state index in [0.29, 0.717) is 0 Å². The van der Waals surface area contributed by atoms with Crippen molar-refractivity contribution >= 4 is 0 Å². The van der Waals surface area contributed by atoms with Crippen LogP contribution in [0.3, 0.4) is 0 Å². The maximum absolute atomic E-state index is 4.85. The second-order valence-corrected chi connectivity index (χ2v) is 8.34. The molecule has 2 aromatic rings. The number of allylic oxidation sites excluding steroid dienone is 4. The van der Waals surface area contributed by atoms with E-state index < -0.39 is 0 Å². The van der Waals surface area contributed by atoms with Gasteiger partial charge in [-0.1, -0.05) is 39.0 Å². The number of aromatic nitrogens is 4. The van der Waals surface area contributed by atoms with E-state index in [1.54, 1.807) is 0 Å². The Hall–Kier alpha value is -2.10. The van der Waals surface area contributed by atoms with Gasteiger partial charge in [-0.3, -0.25) is 0 Å². The summed E-state index contributed by atoms with van der Waals surface area (Å²) in [5, 5.41) is 9.70. The van der Waals surface area contributed by atoms with Crippen molar-refractivity contribution in [2.24, 2.45) is 11.3 Å². The van der Waals surface area contributed by atoms with E-state index >= 15 is 0 Å². The zero-order chi connectivity index (χ0) is 18.4. The van der Waals surface area contributed by atoms with Crippen molar-refractivity contribution in [3.05, 3.63) is 58.7 Å². The molecule has 0 spiro atoms. The van der Waals surface area contributed by atoms with Crippen LogP contribution in [-0.4, -0.2) is 19.6 Å². The molecule has 3 rings (SSSR count). The van der Waals surface area contributed by atoms with Gasteiger partial charge in [0.2, 0.25) is 0 Å². The van der Waals surface area contributed by atoms with E-state index in [2.05, 4.69) is 88.2 Å². The highest BCUT2D eigenvalue weighted by atomic mass is 15.5. The van der Waals surface area contributed by atoms with Gasteiger partial charge in [0, 0.05) is 17.3 Å². The summed E-state index contributed by atoms with van der Waals surface area (Å²) in [7, 11) is 0. The Balaban J connectivity index is 2.24. The zero-order valence-electron chi connectivity index (χ0n) is 16.5. The smallest absolute Gasteiger partial charge is 0.151 e. The molecule has 0 saturated heterocycles. The molecular weight excluding hydrogens is 308 g/mol. The van der Waals surface area contributed by atoms with Crippen molar-refractivity contribution in [2.45, 2.75) is 61.1 Å². The molecule has 1 aliphatic carbocycles. The number of nitrogens with zero attached hydrogens (tertiary/aromatic N) is 4. The minimum absolute atomic E-state index is 0.0244. The molecule has 2 heterocycles. The van der Waals surface area contributed by atoms with Crippen LogP contribution >= 0.6 is 0 Å². The van der Waals surface area contributed by atoms with E-state index in [4.69, 9.17) is 10.2 Å². The lowest BCUT2D eigenvalue weighted by Gasteiger charge is -2.39. The minimum Gasteiger partial charge on any atom is -0.244 e. The fraction of sp³-hybridized carbons (Fsp3) is 0.524.